The summed E-state index contributed by atoms with van der Waals surface area (Å²) in [5.41, 5.74) is 3.74. The number of carbonyl (C=O) groups is 2. The highest BCUT2D eigenvalue weighted by atomic mass is 32.2. The molecule has 150 valence electrons. The molecule has 0 bridgehead atoms. The van der Waals surface area contributed by atoms with Gasteiger partial charge < -0.3 is 10.2 Å². The van der Waals surface area contributed by atoms with Crippen molar-refractivity contribution in [1.82, 2.24) is 24.5 Å². The molecular formula is C20H22N6O2S. The van der Waals surface area contributed by atoms with Crippen LogP contribution in [0.4, 0.5) is 5.69 Å². The Morgan fingerprint density at radius 1 is 1.07 bits per heavy atom. The lowest BCUT2D eigenvalue weighted by atomic mass is 10.1. The first-order valence-corrected chi connectivity index (χ1v) is 10.6. The van der Waals surface area contributed by atoms with Gasteiger partial charge in [-0.3, -0.25) is 9.59 Å². The molecule has 0 atom stereocenters. The van der Waals surface area contributed by atoms with Crippen LogP contribution < -0.4 is 5.32 Å². The molecule has 9 heteroatoms. The smallest absolute Gasteiger partial charge is 0.295 e. The van der Waals surface area contributed by atoms with Gasteiger partial charge >= 0.3 is 0 Å². The Morgan fingerprint density at radius 3 is 2.55 bits per heavy atom. The Hall–Kier alpha value is -2.94. The second-order valence-corrected chi connectivity index (χ2v) is 8.30. The van der Waals surface area contributed by atoms with Crippen LogP contribution in [-0.2, 0) is 0 Å². The first-order valence-electron chi connectivity index (χ1n) is 9.42. The maximum Gasteiger partial charge on any atom is 0.295 e. The number of benzene rings is 1. The highest BCUT2D eigenvalue weighted by molar-refractivity contribution is 7.99. The van der Waals surface area contributed by atoms with Gasteiger partial charge in [-0.1, -0.05) is 0 Å². The van der Waals surface area contributed by atoms with Gasteiger partial charge in [-0.25, -0.2) is 9.50 Å². The molecule has 4 rings (SSSR count). The number of aryl methyl sites for hydroxylation is 3. The summed E-state index contributed by atoms with van der Waals surface area (Å²) in [5, 5.41) is 7.09. The van der Waals surface area contributed by atoms with Gasteiger partial charge in [0.25, 0.3) is 17.6 Å². The molecule has 1 N–H and O–H groups in total. The van der Waals surface area contributed by atoms with Gasteiger partial charge in [0.05, 0.1) is 0 Å². The van der Waals surface area contributed by atoms with E-state index in [1.54, 1.807) is 16.6 Å². The number of rotatable bonds is 3. The summed E-state index contributed by atoms with van der Waals surface area (Å²) < 4.78 is 1.55. The molecule has 29 heavy (non-hydrogen) atoms. The number of aromatic nitrogens is 4. The summed E-state index contributed by atoms with van der Waals surface area (Å²) in [6, 6.07) is 7.19. The van der Waals surface area contributed by atoms with Crippen molar-refractivity contribution in [1.29, 1.82) is 0 Å². The number of amides is 2. The SMILES string of the molecule is Cc1cc(C)n2nc(C(=O)Nc3ccc(C(=O)N4CCSCC4)cc3C)nc2n1. The normalized spacial score (nSPS) is 14.2. The van der Waals surface area contributed by atoms with Gasteiger partial charge in [-0.2, -0.15) is 16.7 Å². The minimum absolute atomic E-state index is 0.0326. The minimum atomic E-state index is -0.414. The number of hydrogen-bond donors (Lipinski definition) is 1. The molecule has 1 aliphatic rings. The number of nitrogens with zero attached hydrogens (tertiary/aromatic N) is 5. The van der Waals surface area contributed by atoms with Crippen molar-refractivity contribution in [2.24, 2.45) is 0 Å². The molecule has 0 spiro atoms. The Labute approximate surface area is 172 Å². The van der Waals surface area contributed by atoms with Gasteiger partial charge in [-0.15, -0.1) is 5.10 Å². The molecule has 0 saturated carbocycles. The zero-order chi connectivity index (χ0) is 20.5. The Morgan fingerprint density at radius 2 is 1.83 bits per heavy atom. The molecule has 0 unspecified atom stereocenters. The zero-order valence-electron chi connectivity index (χ0n) is 16.6. The molecule has 3 aromatic rings. The van der Waals surface area contributed by atoms with Gasteiger partial charge in [0, 0.05) is 47.2 Å². The summed E-state index contributed by atoms with van der Waals surface area (Å²) in [6.45, 7) is 7.17. The first kappa shape index (κ1) is 19.4. The number of nitrogens with one attached hydrogen (secondary N) is 1. The lowest BCUT2D eigenvalue weighted by Gasteiger charge is -2.26. The second-order valence-electron chi connectivity index (χ2n) is 7.07. The number of hydrogen-bond acceptors (Lipinski definition) is 6. The lowest BCUT2D eigenvalue weighted by Crippen LogP contribution is -2.37. The number of fused-ring (bicyclic) bond motifs is 1. The summed E-state index contributed by atoms with van der Waals surface area (Å²) in [6.07, 6.45) is 0. The first-order chi connectivity index (χ1) is 13.9. The van der Waals surface area contributed by atoms with Crippen molar-refractivity contribution < 1.29 is 9.59 Å². The van der Waals surface area contributed by atoms with Crippen LogP contribution in [0.15, 0.2) is 24.3 Å². The van der Waals surface area contributed by atoms with Gasteiger partial charge in [-0.05, 0) is 50.6 Å². The van der Waals surface area contributed by atoms with Crippen molar-refractivity contribution in [3.05, 3.63) is 52.6 Å². The van der Waals surface area contributed by atoms with E-state index in [1.165, 1.54) is 0 Å². The largest absolute Gasteiger partial charge is 0.337 e. The van der Waals surface area contributed by atoms with Crippen LogP contribution in [0.25, 0.3) is 5.78 Å². The highest BCUT2D eigenvalue weighted by Gasteiger charge is 2.20. The van der Waals surface area contributed by atoms with Crippen LogP contribution in [0.3, 0.4) is 0 Å². The van der Waals surface area contributed by atoms with Gasteiger partial charge in [0.2, 0.25) is 5.82 Å². The highest BCUT2D eigenvalue weighted by Crippen LogP contribution is 2.20. The molecular weight excluding hydrogens is 388 g/mol. The van der Waals surface area contributed by atoms with E-state index in [4.69, 9.17) is 0 Å². The Bertz CT molecular complexity index is 1100. The summed E-state index contributed by atoms with van der Waals surface area (Å²) in [4.78, 5) is 35.7. The fourth-order valence-electron chi connectivity index (χ4n) is 3.33. The third-order valence-corrected chi connectivity index (χ3v) is 5.78. The molecule has 2 amide bonds. The molecule has 0 radical (unpaired) electrons. The average Bonchev–Trinajstić information content (AvgIpc) is 3.14. The monoisotopic (exact) mass is 410 g/mol. The maximum absolute atomic E-state index is 12.7. The van der Waals surface area contributed by atoms with Crippen molar-refractivity contribution in [2.75, 3.05) is 29.9 Å². The molecule has 1 aliphatic heterocycles. The summed E-state index contributed by atoms with van der Waals surface area (Å²) >= 11 is 1.87. The van der Waals surface area contributed by atoms with Gasteiger partial charge in [0.15, 0.2) is 0 Å². The van der Waals surface area contributed by atoms with E-state index in [0.717, 1.165) is 41.5 Å². The van der Waals surface area contributed by atoms with Crippen LogP contribution >= 0.6 is 11.8 Å². The Balaban J connectivity index is 1.52. The molecule has 0 aliphatic carbocycles. The van der Waals surface area contributed by atoms with Crippen molar-refractivity contribution >= 4 is 35.0 Å². The molecule has 1 fully saturated rings. The van der Waals surface area contributed by atoms with E-state index in [-0.39, 0.29) is 11.7 Å². The standard InChI is InChI=1S/C20H22N6O2S/c1-12-10-15(19(28)25-6-8-29-9-7-25)4-5-16(12)22-18(27)17-23-20-21-13(2)11-14(3)26(20)24-17/h4-5,10-11H,6-9H2,1-3H3,(H,22,27). The van der Waals surface area contributed by atoms with Crippen LogP contribution in [0.2, 0.25) is 0 Å². The molecule has 8 nitrogen and oxygen atoms in total. The summed E-state index contributed by atoms with van der Waals surface area (Å²) in [7, 11) is 0. The minimum Gasteiger partial charge on any atom is -0.337 e. The third-order valence-electron chi connectivity index (χ3n) is 4.84. The number of carbonyl (C=O) groups excluding carboxylic acids is 2. The number of anilines is 1. The van der Waals surface area contributed by atoms with E-state index in [9.17, 15) is 9.59 Å². The van der Waals surface area contributed by atoms with Crippen LogP contribution in [0.5, 0.6) is 0 Å². The van der Waals surface area contributed by atoms with E-state index in [0.29, 0.717) is 17.0 Å². The maximum atomic E-state index is 12.7. The average molecular weight is 411 g/mol. The van der Waals surface area contributed by atoms with E-state index < -0.39 is 5.91 Å². The molecule has 3 heterocycles. The molecule has 2 aromatic heterocycles. The molecule has 1 aromatic carbocycles. The lowest BCUT2D eigenvalue weighted by molar-refractivity contribution is 0.0772. The fraction of sp³-hybridized carbons (Fsp3) is 0.350. The third kappa shape index (κ3) is 3.95. The van der Waals surface area contributed by atoms with Crippen LogP contribution in [0, 0.1) is 20.8 Å². The zero-order valence-corrected chi connectivity index (χ0v) is 17.4. The van der Waals surface area contributed by atoms with Crippen LogP contribution in [0.1, 0.15) is 37.9 Å². The predicted octanol–water partition coefficient (Wildman–Crippen LogP) is 2.49. The van der Waals surface area contributed by atoms with E-state index in [1.807, 2.05) is 49.6 Å². The molecule has 1 saturated heterocycles. The topological polar surface area (TPSA) is 92.5 Å². The van der Waals surface area contributed by atoms with E-state index >= 15 is 0 Å². The quantitative estimate of drug-likeness (QED) is 0.713. The van der Waals surface area contributed by atoms with Crippen molar-refractivity contribution in [2.45, 2.75) is 20.8 Å². The van der Waals surface area contributed by atoms with Crippen molar-refractivity contribution in [3.8, 4) is 0 Å². The van der Waals surface area contributed by atoms with E-state index in [2.05, 4.69) is 20.4 Å². The predicted molar refractivity (Wildman–Crippen MR) is 113 cm³/mol. The number of thioether (sulfide) groups is 1. The van der Waals surface area contributed by atoms with Crippen LogP contribution in [-0.4, -0.2) is 60.9 Å². The van der Waals surface area contributed by atoms with Gasteiger partial charge in [0.1, 0.15) is 0 Å². The second kappa shape index (κ2) is 7.82. The van der Waals surface area contributed by atoms with Crippen molar-refractivity contribution in [3.63, 3.8) is 0 Å². The fourth-order valence-corrected chi connectivity index (χ4v) is 4.23. The Kier molecular flexibility index (Phi) is 5.23. The summed E-state index contributed by atoms with van der Waals surface area (Å²) in [5.74, 6) is 2.01.